The van der Waals surface area contributed by atoms with Crippen molar-refractivity contribution in [2.75, 3.05) is 26.4 Å². The number of aliphatic hydroxyl groups excluding tert-OH is 11. The van der Waals surface area contributed by atoms with Gasteiger partial charge in [-0.1, -0.05) is 107 Å². The highest BCUT2D eigenvalue weighted by Crippen LogP contribution is 2.33. The third-order valence-corrected chi connectivity index (χ3v) is 11.9. The standard InChI is InChI=1S/C47H81NO18/c1-3-5-7-9-10-11-12-13-14-15-16-17-18-19-20-21-23-25-35(53)48-30(31(52)24-22-8-6-4-2)29-61-45-41(59)38(56)43(33(27-50)63-45)66-47-42(60)39(57)44(34(28-51)64-47)65-46-40(58)37(55)36(54)32(26-49)62-46/h5,7,10-11,13-14,22,24,30-34,36-47,49-52,54-60H,3-4,6,8-9,12,15-21,23,25-29H2,1-2H3,(H,48,53)/b7-5-,11-10-,14-13-,24-22+. The summed E-state index contributed by atoms with van der Waals surface area (Å²) in [4.78, 5) is 13.1. The van der Waals surface area contributed by atoms with Crippen molar-refractivity contribution in [1.82, 2.24) is 5.32 Å². The molecule has 66 heavy (non-hydrogen) atoms. The summed E-state index contributed by atoms with van der Waals surface area (Å²) in [7, 11) is 0. The molecule has 0 aliphatic carbocycles. The van der Waals surface area contributed by atoms with Crippen molar-refractivity contribution in [3.05, 3.63) is 48.6 Å². The molecular formula is C47H81NO18. The summed E-state index contributed by atoms with van der Waals surface area (Å²) in [5, 5.41) is 119. The summed E-state index contributed by atoms with van der Waals surface area (Å²) in [5.41, 5.74) is 0. The molecule has 3 fully saturated rings. The van der Waals surface area contributed by atoms with Gasteiger partial charge in [0.25, 0.3) is 0 Å². The summed E-state index contributed by atoms with van der Waals surface area (Å²) in [6.07, 6.45) is 3.56. The molecule has 0 aromatic carbocycles. The zero-order valence-electron chi connectivity index (χ0n) is 38.6. The first kappa shape index (κ1) is 58.1. The zero-order valence-corrected chi connectivity index (χ0v) is 38.6. The molecule has 382 valence electrons. The Balaban J connectivity index is 1.50. The van der Waals surface area contributed by atoms with Crippen LogP contribution in [0.1, 0.15) is 110 Å². The highest BCUT2D eigenvalue weighted by Gasteiger charge is 2.53. The van der Waals surface area contributed by atoms with E-state index in [1.165, 1.54) is 0 Å². The highest BCUT2D eigenvalue weighted by molar-refractivity contribution is 5.76. The van der Waals surface area contributed by atoms with Crippen molar-refractivity contribution in [3.8, 4) is 0 Å². The fourth-order valence-corrected chi connectivity index (χ4v) is 7.83. The van der Waals surface area contributed by atoms with Crippen LogP contribution in [0, 0.1) is 0 Å². The number of amides is 1. The molecule has 0 bridgehead atoms. The Hall–Kier alpha value is -2.25. The lowest BCUT2D eigenvalue weighted by Gasteiger charge is -2.48. The number of aliphatic hydroxyl groups is 11. The average molecular weight is 948 g/mol. The number of carbonyl (C=O) groups is 1. The second-order valence-electron chi connectivity index (χ2n) is 17.2. The topological polar surface area (TPSA) is 307 Å². The van der Waals surface area contributed by atoms with E-state index in [1.807, 2.05) is 6.92 Å². The minimum atomic E-state index is -1.98. The second kappa shape index (κ2) is 32.5. The molecule has 0 spiro atoms. The molecule has 0 radical (unpaired) electrons. The van der Waals surface area contributed by atoms with Gasteiger partial charge in [0.1, 0.15) is 73.2 Å². The van der Waals surface area contributed by atoms with Crippen molar-refractivity contribution in [2.45, 2.75) is 214 Å². The third-order valence-electron chi connectivity index (χ3n) is 11.9. The third kappa shape index (κ3) is 18.9. The van der Waals surface area contributed by atoms with Gasteiger partial charge in [0, 0.05) is 6.42 Å². The SMILES string of the molecule is CC/C=C\C/C=C\C/C=C\CCCCCCCCCC(=O)NC(COC1OC(CO)C(OC2OC(CO)C(OC3OC(CO)C(O)C(O)C3O)C(O)C2O)C(O)C1O)C(O)/C=C/CCCC. The molecule has 19 heteroatoms. The van der Waals surface area contributed by atoms with Gasteiger partial charge in [-0.05, 0) is 44.9 Å². The summed E-state index contributed by atoms with van der Waals surface area (Å²) < 4.78 is 33.9. The van der Waals surface area contributed by atoms with Gasteiger partial charge in [-0.3, -0.25) is 4.79 Å². The maximum atomic E-state index is 13.1. The van der Waals surface area contributed by atoms with E-state index in [0.717, 1.165) is 77.0 Å². The maximum absolute atomic E-state index is 13.1. The summed E-state index contributed by atoms with van der Waals surface area (Å²) >= 11 is 0. The van der Waals surface area contributed by atoms with E-state index in [1.54, 1.807) is 12.2 Å². The van der Waals surface area contributed by atoms with E-state index in [0.29, 0.717) is 12.8 Å². The van der Waals surface area contributed by atoms with E-state index in [-0.39, 0.29) is 18.9 Å². The average Bonchev–Trinajstić information content (AvgIpc) is 3.31. The van der Waals surface area contributed by atoms with Crippen LogP contribution >= 0.6 is 0 Å². The Bertz CT molecular complexity index is 1410. The van der Waals surface area contributed by atoms with Gasteiger partial charge in [-0.15, -0.1) is 0 Å². The van der Waals surface area contributed by atoms with Crippen LogP contribution in [-0.4, -0.2) is 193 Å². The molecule has 17 unspecified atom stereocenters. The van der Waals surface area contributed by atoms with Crippen LogP contribution in [0.4, 0.5) is 0 Å². The van der Waals surface area contributed by atoms with Crippen LogP contribution in [0.25, 0.3) is 0 Å². The summed E-state index contributed by atoms with van der Waals surface area (Å²) in [6, 6.07) is -0.973. The van der Waals surface area contributed by atoms with Gasteiger partial charge in [0.15, 0.2) is 18.9 Å². The predicted molar refractivity (Wildman–Crippen MR) is 240 cm³/mol. The Labute approximate surface area is 389 Å². The molecule has 0 aromatic rings. The first-order valence-electron chi connectivity index (χ1n) is 23.9. The number of nitrogens with one attached hydrogen (secondary N) is 1. The van der Waals surface area contributed by atoms with E-state index >= 15 is 0 Å². The fraction of sp³-hybridized carbons (Fsp3) is 0.809. The second-order valence-corrected chi connectivity index (χ2v) is 17.2. The number of carbonyl (C=O) groups excluding carboxylic acids is 1. The molecule has 3 aliphatic rings. The van der Waals surface area contributed by atoms with Crippen molar-refractivity contribution in [1.29, 1.82) is 0 Å². The fourth-order valence-electron chi connectivity index (χ4n) is 7.83. The monoisotopic (exact) mass is 948 g/mol. The zero-order chi connectivity index (χ0) is 48.4. The molecule has 0 saturated carbocycles. The number of rotatable bonds is 31. The lowest BCUT2D eigenvalue weighted by atomic mass is 9.96. The lowest BCUT2D eigenvalue weighted by molar-refractivity contribution is -0.379. The van der Waals surface area contributed by atoms with Gasteiger partial charge < -0.3 is 89.9 Å². The summed E-state index contributed by atoms with van der Waals surface area (Å²) in [6.45, 7) is 1.37. The Morgan fingerprint density at radius 2 is 1.05 bits per heavy atom. The number of allylic oxidation sites excluding steroid dienone is 7. The van der Waals surface area contributed by atoms with Crippen LogP contribution < -0.4 is 5.32 Å². The van der Waals surface area contributed by atoms with Crippen LogP contribution in [0.2, 0.25) is 0 Å². The van der Waals surface area contributed by atoms with E-state index in [4.69, 9.17) is 28.4 Å². The molecule has 1 amide bonds. The smallest absolute Gasteiger partial charge is 0.220 e. The first-order chi connectivity index (χ1) is 31.8. The van der Waals surface area contributed by atoms with Gasteiger partial charge in [-0.2, -0.15) is 0 Å². The van der Waals surface area contributed by atoms with E-state index in [2.05, 4.69) is 48.7 Å². The van der Waals surface area contributed by atoms with Crippen molar-refractivity contribution >= 4 is 5.91 Å². The van der Waals surface area contributed by atoms with Gasteiger partial charge >= 0.3 is 0 Å². The lowest BCUT2D eigenvalue weighted by Crippen LogP contribution is -2.66. The number of unbranched alkanes of at least 4 members (excludes halogenated alkanes) is 9. The van der Waals surface area contributed by atoms with Crippen LogP contribution in [-0.2, 0) is 33.2 Å². The van der Waals surface area contributed by atoms with Crippen LogP contribution in [0.3, 0.4) is 0 Å². The highest BCUT2D eigenvalue weighted by atomic mass is 16.8. The predicted octanol–water partition coefficient (Wildman–Crippen LogP) is 0.413. The molecule has 3 aliphatic heterocycles. The molecule has 17 atom stereocenters. The van der Waals surface area contributed by atoms with Crippen molar-refractivity contribution in [2.24, 2.45) is 0 Å². The van der Waals surface area contributed by atoms with E-state index in [9.17, 15) is 61.0 Å². The molecule has 3 heterocycles. The van der Waals surface area contributed by atoms with Crippen molar-refractivity contribution < 1.29 is 89.4 Å². The molecular weight excluding hydrogens is 867 g/mol. The molecule has 3 saturated heterocycles. The van der Waals surface area contributed by atoms with Gasteiger partial charge in [-0.25, -0.2) is 0 Å². The van der Waals surface area contributed by atoms with Crippen molar-refractivity contribution in [3.63, 3.8) is 0 Å². The number of ether oxygens (including phenoxy) is 6. The van der Waals surface area contributed by atoms with Crippen LogP contribution in [0.5, 0.6) is 0 Å². The van der Waals surface area contributed by atoms with E-state index < -0.39 is 124 Å². The number of hydrogen-bond acceptors (Lipinski definition) is 18. The largest absolute Gasteiger partial charge is 0.394 e. The van der Waals surface area contributed by atoms with Gasteiger partial charge in [0.05, 0.1) is 38.6 Å². The number of hydrogen-bond donors (Lipinski definition) is 12. The van der Waals surface area contributed by atoms with Gasteiger partial charge in [0.2, 0.25) is 5.91 Å². The molecule has 19 nitrogen and oxygen atoms in total. The first-order valence-corrected chi connectivity index (χ1v) is 23.9. The minimum absolute atomic E-state index is 0.228. The Kier molecular flexibility index (Phi) is 28.6. The maximum Gasteiger partial charge on any atom is 0.220 e. The van der Waals surface area contributed by atoms with Crippen LogP contribution in [0.15, 0.2) is 48.6 Å². The molecule has 0 aromatic heterocycles. The Morgan fingerprint density at radius 1 is 0.561 bits per heavy atom. The molecule has 3 rings (SSSR count). The Morgan fingerprint density at radius 3 is 1.62 bits per heavy atom. The molecule has 12 N–H and O–H groups in total. The normalized spacial score (nSPS) is 34.2. The minimum Gasteiger partial charge on any atom is -0.394 e. The quantitative estimate of drug-likeness (QED) is 0.0331. The summed E-state index contributed by atoms with van der Waals surface area (Å²) in [5.74, 6) is -0.300.